The molecule has 18 heavy (non-hydrogen) atoms. The zero-order valence-corrected chi connectivity index (χ0v) is 11.2. The zero-order chi connectivity index (χ0) is 13.4. The van der Waals surface area contributed by atoms with Crippen molar-refractivity contribution in [2.75, 3.05) is 20.8 Å². The molecule has 1 rings (SSSR count). The van der Waals surface area contributed by atoms with E-state index < -0.39 is 0 Å². The molecule has 0 heterocycles. The van der Waals surface area contributed by atoms with Gasteiger partial charge in [-0.2, -0.15) is 0 Å². The van der Waals surface area contributed by atoms with Gasteiger partial charge < -0.3 is 14.8 Å². The Labute approximate surface area is 108 Å². The number of methoxy groups -OCH3 is 2. The molecule has 0 aliphatic carbocycles. The van der Waals surface area contributed by atoms with Crippen molar-refractivity contribution in [1.29, 1.82) is 0 Å². The van der Waals surface area contributed by atoms with Crippen LogP contribution < -0.4 is 10.1 Å². The lowest BCUT2D eigenvalue weighted by molar-refractivity contribution is -0.143. The Morgan fingerprint density at radius 3 is 2.67 bits per heavy atom. The highest BCUT2D eigenvalue weighted by Crippen LogP contribution is 2.17. The SMILES string of the molecule is CCC(NCCc1ccccc1OC)C(=O)OC. The number of hydrogen-bond acceptors (Lipinski definition) is 4. The van der Waals surface area contributed by atoms with E-state index in [1.54, 1.807) is 7.11 Å². The maximum atomic E-state index is 11.4. The zero-order valence-electron chi connectivity index (χ0n) is 11.2. The number of ether oxygens (including phenoxy) is 2. The molecule has 0 aromatic heterocycles. The van der Waals surface area contributed by atoms with Gasteiger partial charge in [0.25, 0.3) is 0 Å². The molecule has 100 valence electrons. The minimum absolute atomic E-state index is 0.211. The van der Waals surface area contributed by atoms with E-state index in [-0.39, 0.29) is 12.0 Å². The molecule has 0 radical (unpaired) electrons. The number of hydrogen-bond donors (Lipinski definition) is 1. The van der Waals surface area contributed by atoms with Crippen molar-refractivity contribution >= 4 is 5.97 Å². The molecule has 0 amide bonds. The summed E-state index contributed by atoms with van der Waals surface area (Å²) >= 11 is 0. The first-order valence-corrected chi connectivity index (χ1v) is 6.16. The minimum Gasteiger partial charge on any atom is -0.496 e. The molecule has 1 aromatic carbocycles. The van der Waals surface area contributed by atoms with Crippen LogP contribution in [0, 0.1) is 0 Å². The second-order valence-corrected chi connectivity index (χ2v) is 4.00. The highest BCUT2D eigenvalue weighted by Gasteiger charge is 2.15. The van der Waals surface area contributed by atoms with Crippen LogP contribution in [0.1, 0.15) is 18.9 Å². The Bertz CT molecular complexity index is 379. The summed E-state index contributed by atoms with van der Waals surface area (Å²) in [4.78, 5) is 11.4. The van der Waals surface area contributed by atoms with E-state index in [0.717, 1.165) is 24.2 Å². The van der Waals surface area contributed by atoms with Crippen LogP contribution in [0.3, 0.4) is 0 Å². The summed E-state index contributed by atoms with van der Waals surface area (Å²) in [6, 6.07) is 7.66. The molecule has 4 heteroatoms. The highest BCUT2D eigenvalue weighted by atomic mass is 16.5. The first kappa shape index (κ1) is 14.5. The van der Waals surface area contributed by atoms with Gasteiger partial charge in [-0.25, -0.2) is 0 Å². The maximum absolute atomic E-state index is 11.4. The van der Waals surface area contributed by atoms with E-state index in [4.69, 9.17) is 9.47 Å². The summed E-state index contributed by atoms with van der Waals surface area (Å²) in [7, 11) is 3.07. The predicted molar refractivity (Wildman–Crippen MR) is 70.8 cm³/mol. The van der Waals surface area contributed by atoms with Gasteiger partial charge in [0.1, 0.15) is 11.8 Å². The van der Waals surface area contributed by atoms with Gasteiger partial charge in [-0.15, -0.1) is 0 Å². The Hall–Kier alpha value is -1.55. The van der Waals surface area contributed by atoms with Gasteiger partial charge in [0.2, 0.25) is 0 Å². The Morgan fingerprint density at radius 1 is 1.33 bits per heavy atom. The summed E-state index contributed by atoms with van der Waals surface area (Å²) in [6.45, 7) is 2.67. The standard InChI is InChI=1S/C14H21NO3/c1-4-12(14(16)18-3)15-10-9-11-7-5-6-8-13(11)17-2/h5-8,12,15H,4,9-10H2,1-3H3. The number of carbonyl (C=O) groups is 1. The maximum Gasteiger partial charge on any atom is 0.322 e. The largest absolute Gasteiger partial charge is 0.496 e. The van der Waals surface area contributed by atoms with E-state index in [1.165, 1.54) is 7.11 Å². The molecule has 0 fully saturated rings. The second kappa shape index (κ2) is 7.71. The normalized spacial score (nSPS) is 11.9. The summed E-state index contributed by atoms with van der Waals surface area (Å²) in [5.41, 5.74) is 1.13. The molecule has 1 atom stereocenters. The quantitative estimate of drug-likeness (QED) is 0.750. The van der Waals surface area contributed by atoms with Crippen LogP contribution in [0.15, 0.2) is 24.3 Å². The van der Waals surface area contributed by atoms with Crippen LogP contribution in [0.2, 0.25) is 0 Å². The van der Waals surface area contributed by atoms with Crippen LogP contribution in [0.4, 0.5) is 0 Å². The van der Waals surface area contributed by atoms with Crippen molar-refractivity contribution < 1.29 is 14.3 Å². The Kier molecular flexibility index (Phi) is 6.22. The molecule has 0 bridgehead atoms. The van der Waals surface area contributed by atoms with Crippen molar-refractivity contribution in [1.82, 2.24) is 5.32 Å². The third kappa shape index (κ3) is 4.04. The number of nitrogens with one attached hydrogen (secondary N) is 1. The van der Waals surface area contributed by atoms with Gasteiger partial charge in [0.05, 0.1) is 14.2 Å². The van der Waals surface area contributed by atoms with E-state index in [1.807, 2.05) is 31.2 Å². The minimum atomic E-state index is -0.232. The van der Waals surface area contributed by atoms with Gasteiger partial charge in [-0.3, -0.25) is 4.79 Å². The Balaban J connectivity index is 2.47. The van der Waals surface area contributed by atoms with Crippen molar-refractivity contribution in [2.45, 2.75) is 25.8 Å². The van der Waals surface area contributed by atoms with Crippen LogP contribution in [0.5, 0.6) is 5.75 Å². The van der Waals surface area contributed by atoms with Gasteiger partial charge in [-0.1, -0.05) is 25.1 Å². The second-order valence-electron chi connectivity index (χ2n) is 4.00. The molecule has 0 aliphatic heterocycles. The third-order valence-corrected chi connectivity index (χ3v) is 2.87. The van der Waals surface area contributed by atoms with Crippen molar-refractivity contribution in [3.05, 3.63) is 29.8 Å². The van der Waals surface area contributed by atoms with Crippen LogP contribution in [-0.2, 0) is 16.0 Å². The van der Waals surface area contributed by atoms with E-state index in [9.17, 15) is 4.79 Å². The monoisotopic (exact) mass is 251 g/mol. The summed E-state index contributed by atoms with van der Waals surface area (Å²) in [5, 5.41) is 3.19. The lowest BCUT2D eigenvalue weighted by atomic mass is 10.1. The van der Waals surface area contributed by atoms with Gasteiger partial charge in [0.15, 0.2) is 0 Å². The lowest BCUT2D eigenvalue weighted by Crippen LogP contribution is -2.38. The lowest BCUT2D eigenvalue weighted by Gasteiger charge is -2.15. The molecule has 1 unspecified atom stereocenters. The molecule has 0 saturated carbocycles. The molecule has 1 aromatic rings. The smallest absolute Gasteiger partial charge is 0.322 e. The van der Waals surface area contributed by atoms with Crippen molar-refractivity contribution in [3.8, 4) is 5.75 Å². The van der Waals surface area contributed by atoms with Crippen molar-refractivity contribution in [2.24, 2.45) is 0 Å². The number of rotatable bonds is 7. The highest BCUT2D eigenvalue weighted by molar-refractivity contribution is 5.75. The number of carbonyl (C=O) groups excluding carboxylic acids is 1. The Morgan fingerprint density at radius 2 is 2.06 bits per heavy atom. The molecule has 0 spiro atoms. The summed E-state index contributed by atoms with van der Waals surface area (Å²) < 4.78 is 10.0. The van der Waals surface area contributed by atoms with Crippen LogP contribution >= 0.6 is 0 Å². The van der Waals surface area contributed by atoms with E-state index in [2.05, 4.69) is 5.32 Å². The van der Waals surface area contributed by atoms with Gasteiger partial charge in [-0.05, 0) is 24.5 Å². The molecular formula is C14H21NO3. The molecule has 1 N–H and O–H groups in total. The topological polar surface area (TPSA) is 47.6 Å². The van der Waals surface area contributed by atoms with Crippen LogP contribution in [0.25, 0.3) is 0 Å². The van der Waals surface area contributed by atoms with Gasteiger partial charge >= 0.3 is 5.97 Å². The van der Waals surface area contributed by atoms with E-state index >= 15 is 0 Å². The van der Waals surface area contributed by atoms with Gasteiger partial charge in [0, 0.05) is 6.54 Å². The number of para-hydroxylation sites is 1. The number of benzene rings is 1. The fourth-order valence-electron chi connectivity index (χ4n) is 1.83. The first-order valence-electron chi connectivity index (χ1n) is 6.16. The predicted octanol–water partition coefficient (Wildman–Crippen LogP) is 1.78. The van der Waals surface area contributed by atoms with Crippen LogP contribution in [-0.4, -0.2) is 32.8 Å². The summed E-state index contributed by atoms with van der Waals surface area (Å²) in [5.74, 6) is 0.669. The average molecular weight is 251 g/mol. The van der Waals surface area contributed by atoms with Crippen molar-refractivity contribution in [3.63, 3.8) is 0 Å². The molecule has 4 nitrogen and oxygen atoms in total. The molecule has 0 aliphatic rings. The summed E-state index contributed by atoms with van der Waals surface area (Å²) in [6.07, 6.45) is 1.54. The average Bonchev–Trinajstić information content (AvgIpc) is 2.43. The fourth-order valence-corrected chi connectivity index (χ4v) is 1.83. The first-order chi connectivity index (χ1) is 8.72. The van der Waals surface area contributed by atoms with E-state index in [0.29, 0.717) is 6.54 Å². The molecule has 0 saturated heterocycles. The molecular weight excluding hydrogens is 230 g/mol. The fraction of sp³-hybridized carbons (Fsp3) is 0.500. The number of esters is 1. The third-order valence-electron chi connectivity index (χ3n) is 2.87.